The van der Waals surface area contributed by atoms with Crippen LogP contribution in [0.15, 0.2) is 23.1 Å². The number of carbonyl (C=O) groups excluding carboxylic acids is 1. The van der Waals surface area contributed by atoms with Gasteiger partial charge in [-0.1, -0.05) is 6.92 Å². The van der Waals surface area contributed by atoms with E-state index < -0.39 is 9.05 Å². The Morgan fingerprint density at radius 3 is 2.43 bits per heavy atom. The molecule has 0 N–H and O–H groups in total. The number of nitrogens with zero attached hydrogens (tertiary/aromatic N) is 1. The number of carbonyl (C=O) groups is 1. The molecule has 0 fully saturated rings. The van der Waals surface area contributed by atoms with Crippen LogP contribution in [-0.4, -0.2) is 38.9 Å². The fourth-order valence-corrected chi connectivity index (χ4v) is 2.73. The van der Waals surface area contributed by atoms with Gasteiger partial charge in [-0.3, -0.25) is 4.79 Å². The molecule has 21 heavy (non-hydrogen) atoms. The van der Waals surface area contributed by atoms with E-state index in [1.807, 2.05) is 13.8 Å². The van der Waals surface area contributed by atoms with Crippen LogP contribution in [0.25, 0.3) is 0 Å². The summed E-state index contributed by atoms with van der Waals surface area (Å²) in [6.45, 7) is 7.15. The summed E-state index contributed by atoms with van der Waals surface area (Å²) in [5, 5.41) is 0. The van der Waals surface area contributed by atoms with Gasteiger partial charge in [0.2, 0.25) is 0 Å². The van der Waals surface area contributed by atoms with Gasteiger partial charge in [0, 0.05) is 23.8 Å². The molecule has 0 aliphatic carbocycles. The summed E-state index contributed by atoms with van der Waals surface area (Å²) in [4.78, 5) is 14.1. The molecular formula is C14H20ClNO4S. The van der Waals surface area contributed by atoms with E-state index in [-0.39, 0.29) is 16.4 Å². The van der Waals surface area contributed by atoms with Crippen molar-refractivity contribution in [2.45, 2.75) is 32.1 Å². The maximum atomic E-state index is 12.5. The van der Waals surface area contributed by atoms with Crippen molar-refractivity contribution in [1.82, 2.24) is 4.90 Å². The lowest BCUT2D eigenvalue weighted by Crippen LogP contribution is -2.32. The Balaban J connectivity index is 3.31. The van der Waals surface area contributed by atoms with Crippen LogP contribution in [0.3, 0.4) is 0 Å². The van der Waals surface area contributed by atoms with Crippen LogP contribution < -0.4 is 4.74 Å². The van der Waals surface area contributed by atoms with Crippen LogP contribution in [0.5, 0.6) is 5.75 Å². The van der Waals surface area contributed by atoms with E-state index in [0.29, 0.717) is 25.4 Å². The molecule has 0 bridgehead atoms. The van der Waals surface area contributed by atoms with Gasteiger partial charge in [0.1, 0.15) is 5.75 Å². The van der Waals surface area contributed by atoms with Crippen LogP contribution >= 0.6 is 10.7 Å². The zero-order chi connectivity index (χ0) is 16.0. The first kappa shape index (κ1) is 17.8. The van der Waals surface area contributed by atoms with Gasteiger partial charge in [-0.05, 0) is 38.5 Å². The van der Waals surface area contributed by atoms with Gasteiger partial charge >= 0.3 is 0 Å². The summed E-state index contributed by atoms with van der Waals surface area (Å²) in [7, 11) is 1.46. The lowest BCUT2D eigenvalue weighted by Gasteiger charge is -2.21. The van der Waals surface area contributed by atoms with Crippen LogP contribution in [0.1, 0.15) is 37.6 Å². The molecule has 0 unspecified atom stereocenters. The normalized spacial score (nSPS) is 11.2. The van der Waals surface area contributed by atoms with Crippen molar-refractivity contribution in [1.29, 1.82) is 0 Å². The molecular weight excluding hydrogens is 314 g/mol. The number of amides is 1. The standard InChI is InChI=1S/C14H20ClNO4S/c1-4-9-16(5-2)14(17)12-10-11(21(15,18)19)7-8-13(12)20-6-3/h7-8,10H,4-6,9H2,1-3H3. The minimum atomic E-state index is -3.89. The third kappa shape index (κ3) is 4.61. The summed E-state index contributed by atoms with van der Waals surface area (Å²) in [5.41, 5.74) is 0.217. The predicted molar refractivity (Wildman–Crippen MR) is 82.5 cm³/mol. The molecule has 5 nitrogen and oxygen atoms in total. The van der Waals surface area contributed by atoms with E-state index in [9.17, 15) is 13.2 Å². The molecule has 0 aliphatic rings. The van der Waals surface area contributed by atoms with Crippen molar-refractivity contribution in [3.05, 3.63) is 23.8 Å². The van der Waals surface area contributed by atoms with Crippen LogP contribution in [0.2, 0.25) is 0 Å². The first-order valence-corrected chi connectivity index (χ1v) is 9.16. The van der Waals surface area contributed by atoms with Gasteiger partial charge < -0.3 is 9.64 Å². The Morgan fingerprint density at radius 2 is 1.95 bits per heavy atom. The zero-order valence-corrected chi connectivity index (χ0v) is 14.0. The highest BCUT2D eigenvalue weighted by Gasteiger charge is 2.21. The average Bonchev–Trinajstić information content (AvgIpc) is 2.43. The predicted octanol–water partition coefficient (Wildman–Crippen LogP) is 2.88. The monoisotopic (exact) mass is 333 g/mol. The molecule has 1 rings (SSSR count). The minimum absolute atomic E-state index is 0.108. The lowest BCUT2D eigenvalue weighted by atomic mass is 10.1. The highest BCUT2D eigenvalue weighted by atomic mass is 35.7. The molecule has 0 atom stereocenters. The summed E-state index contributed by atoms with van der Waals surface area (Å²) >= 11 is 0. The molecule has 0 saturated carbocycles. The molecule has 0 radical (unpaired) electrons. The molecule has 0 heterocycles. The Bertz CT molecular complexity index is 601. The van der Waals surface area contributed by atoms with E-state index in [1.54, 1.807) is 11.8 Å². The van der Waals surface area contributed by atoms with Crippen LogP contribution in [0, 0.1) is 0 Å². The van der Waals surface area contributed by atoms with Crippen LogP contribution in [0.4, 0.5) is 0 Å². The van der Waals surface area contributed by atoms with Gasteiger partial charge in [0.25, 0.3) is 15.0 Å². The molecule has 1 aromatic carbocycles. The Labute approximate surface area is 130 Å². The summed E-state index contributed by atoms with van der Waals surface area (Å²) in [6, 6.07) is 4.07. The molecule has 1 amide bonds. The summed E-state index contributed by atoms with van der Waals surface area (Å²) < 4.78 is 28.3. The Morgan fingerprint density at radius 1 is 1.29 bits per heavy atom. The number of rotatable bonds is 7. The zero-order valence-electron chi connectivity index (χ0n) is 12.4. The quantitative estimate of drug-likeness (QED) is 0.720. The fourth-order valence-electron chi connectivity index (χ4n) is 1.95. The van der Waals surface area contributed by atoms with Gasteiger partial charge in [0.15, 0.2) is 0 Å². The van der Waals surface area contributed by atoms with Crippen molar-refractivity contribution in [2.24, 2.45) is 0 Å². The number of halogens is 1. The van der Waals surface area contributed by atoms with Crippen molar-refractivity contribution >= 4 is 25.6 Å². The first-order valence-electron chi connectivity index (χ1n) is 6.85. The molecule has 118 valence electrons. The topological polar surface area (TPSA) is 63.7 Å². The number of hydrogen-bond acceptors (Lipinski definition) is 4. The Kier molecular flexibility index (Phi) is 6.48. The number of benzene rings is 1. The first-order chi connectivity index (χ1) is 9.85. The van der Waals surface area contributed by atoms with Crippen molar-refractivity contribution in [3.63, 3.8) is 0 Å². The highest BCUT2D eigenvalue weighted by molar-refractivity contribution is 8.13. The van der Waals surface area contributed by atoms with E-state index in [0.717, 1.165) is 6.42 Å². The van der Waals surface area contributed by atoms with Crippen LogP contribution in [-0.2, 0) is 9.05 Å². The minimum Gasteiger partial charge on any atom is -0.493 e. The molecule has 0 saturated heterocycles. The van der Waals surface area contributed by atoms with Gasteiger partial charge in [-0.25, -0.2) is 8.42 Å². The third-order valence-corrected chi connectivity index (χ3v) is 4.28. The second-order valence-corrected chi connectivity index (χ2v) is 6.98. The molecule has 7 heteroatoms. The summed E-state index contributed by atoms with van der Waals surface area (Å²) in [6.07, 6.45) is 0.817. The fraction of sp³-hybridized carbons (Fsp3) is 0.500. The largest absolute Gasteiger partial charge is 0.493 e. The van der Waals surface area contributed by atoms with E-state index in [1.165, 1.54) is 18.2 Å². The lowest BCUT2D eigenvalue weighted by molar-refractivity contribution is 0.0760. The maximum absolute atomic E-state index is 12.5. The van der Waals surface area contributed by atoms with Gasteiger partial charge in [0.05, 0.1) is 17.1 Å². The second-order valence-electron chi connectivity index (χ2n) is 4.41. The van der Waals surface area contributed by atoms with Crippen molar-refractivity contribution in [2.75, 3.05) is 19.7 Å². The highest BCUT2D eigenvalue weighted by Crippen LogP contribution is 2.26. The molecule has 0 spiro atoms. The maximum Gasteiger partial charge on any atom is 0.261 e. The van der Waals surface area contributed by atoms with Gasteiger partial charge in [-0.2, -0.15) is 0 Å². The molecule has 0 aromatic heterocycles. The van der Waals surface area contributed by atoms with E-state index >= 15 is 0 Å². The third-order valence-electron chi connectivity index (χ3n) is 2.93. The van der Waals surface area contributed by atoms with E-state index in [4.69, 9.17) is 15.4 Å². The summed E-state index contributed by atoms with van der Waals surface area (Å²) in [5.74, 6) is 0.103. The van der Waals surface area contributed by atoms with Gasteiger partial charge in [-0.15, -0.1) is 0 Å². The second kappa shape index (κ2) is 7.66. The van der Waals surface area contributed by atoms with E-state index in [2.05, 4.69) is 0 Å². The number of hydrogen-bond donors (Lipinski definition) is 0. The molecule has 0 aliphatic heterocycles. The van der Waals surface area contributed by atoms with Crippen molar-refractivity contribution in [3.8, 4) is 5.75 Å². The van der Waals surface area contributed by atoms with Crippen molar-refractivity contribution < 1.29 is 17.9 Å². The smallest absolute Gasteiger partial charge is 0.261 e. The molecule has 1 aromatic rings. The Hall–Kier alpha value is -1.27. The average molecular weight is 334 g/mol. The number of ether oxygens (including phenoxy) is 1. The SMILES string of the molecule is CCCN(CC)C(=O)c1cc(S(=O)(=O)Cl)ccc1OCC.